The molecule has 0 aliphatic carbocycles. The van der Waals surface area contributed by atoms with Crippen LogP contribution in [0.5, 0.6) is 0 Å². The van der Waals surface area contributed by atoms with Crippen LogP contribution in [0.3, 0.4) is 0 Å². The number of alkyl halides is 3. The van der Waals surface area contributed by atoms with E-state index in [1.807, 2.05) is 0 Å². The molecule has 1 aromatic heterocycles. The maximum absolute atomic E-state index is 12.5. The predicted octanol–water partition coefficient (Wildman–Crippen LogP) is 3.23. The summed E-state index contributed by atoms with van der Waals surface area (Å²) in [4.78, 5) is 24.2. The van der Waals surface area contributed by atoms with Gasteiger partial charge in [0, 0.05) is 18.7 Å². The molecule has 0 saturated heterocycles. The van der Waals surface area contributed by atoms with Crippen molar-refractivity contribution >= 4 is 22.5 Å². The van der Waals surface area contributed by atoms with Gasteiger partial charge in [-0.05, 0) is 42.8 Å². The Bertz CT molecular complexity index is 1010. The fourth-order valence-electron chi connectivity index (χ4n) is 2.53. The SMILES string of the molecule is O=C(CCCn1nnc2ccccc2c1=O)Nc1ccc(C(F)(F)F)cc1. The van der Waals surface area contributed by atoms with Crippen molar-refractivity contribution in [3.63, 3.8) is 0 Å². The van der Waals surface area contributed by atoms with Crippen LogP contribution in [-0.2, 0) is 17.5 Å². The van der Waals surface area contributed by atoms with Crippen LogP contribution in [0.1, 0.15) is 18.4 Å². The fraction of sp³-hybridized carbons (Fsp3) is 0.222. The Hall–Kier alpha value is -3.23. The minimum Gasteiger partial charge on any atom is -0.326 e. The van der Waals surface area contributed by atoms with E-state index in [4.69, 9.17) is 0 Å². The maximum atomic E-state index is 12.5. The second-order valence-corrected chi connectivity index (χ2v) is 5.86. The van der Waals surface area contributed by atoms with E-state index in [2.05, 4.69) is 15.6 Å². The number of aromatic nitrogens is 3. The molecule has 1 N–H and O–H groups in total. The summed E-state index contributed by atoms with van der Waals surface area (Å²) in [6.45, 7) is 0.205. The molecule has 0 aliphatic heterocycles. The quantitative estimate of drug-likeness (QED) is 0.742. The van der Waals surface area contributed by atoms with E-state index >= 15 is 0 Å². The molecule has 1 heterocycles. The molecule has 3 rings (SSSR count). The summed E-state index contributed by atoms with van der Waals surface area (Å²) >= 11 is 0. The van der Waals surface area contributed by atoms with Gasteiger partial charge >= 0.3 is 6.18 Å². The van der Waals surface area contributed by atoms with Crippen LogP contribution >= 0.6 is 0 Å². The number of hydrogen-bond donors (Lipinski definition) is 1. The molecule has 0 bridgehead atoms. The number of aryl methyl sites for hydroxylation is 1. The lowest BCUT2D eigenvalue weighted by Crippen LogP contribution is -2.25. The van der Waals surface area contributed by atoms with Gasteiger partial charge in [0.25, 0.3) is 5.56 Å². The van der Waals surface area contributed by atoms with E-state index in [0.717, 1.165) is 12.1 Å². The number of carbonyl (C=O) groups is 1. The first kappa shape index (κ1) is 18.6. The molecule has 0 atom stereocenters. The van der Waals surface area contributed by atoms with E-state index in [-0.39, 0.29) is 30.1 Å². The average Bonchev–Trinajstić information content (AvgIpc) is 2.63. The van der Waals surface area contributed by atoms with Crippen LogP contribution < -0.4 is 10.9 Å². The standard InChI is InChI=1S/C18H15F3N4O2/c19-18(20,21)12-7-9-13(10-8-12)22-16(26)6-3-11-25-17(27)14-4-1-2-5-15(14)23-24-25/h1-2,4-5,7-10H,3,6,11H2,(H,22,26). The van der Waals surface area contributed by atoms with Gasteiger partial charge in [-0.25, -0.2) is 4.68 Å². The Balaban J connectivity index is 1.55. The number of hydrogen-bond acceptors (Lipinski definition) is 4. The Morgan fingerprint density at radius 1 is 1.07 bits per heavy atom. The molecule has 6 nitrogen and oxygen atoms in total. The molecule has 27 heavy (non-hydrogen) atoms. The number of nitrogens with zero attached hydrogens (tertiary/aromatic N) is 3. The molecule has 2 aromatic carbocycles. The number of rotatable bonds is 5. The lowest BCUT2D eigenvalue weighted by Gasteiger charge is -2.09. The number of halogens is 3. The average molecular weight is 376 g/mol. The zero-order valence-corrected chi connectivity index (χ0v) is 14.0. The molecule has 0 spiro atoms. The third-order valence-electron chi connectivity index (χ3n) is 3.90. The van der Waals surface area contributed by atoms with Crippen molar-refractivity contribution in [1.29, 1.82) is 0 Å². The van der Waals surface area contributed by atoms with Crippen molar-refractivity contribution in [1.82, 2.24) is 15.0 Å². The van der Waals surface area contributed by atoms with Crippen molar-refractivity contribution in [2.24, 2.45) is 0 Å². The normalized spacial score (nSPS) is 11.5. The van der Waals surface area contributed by atoms with Crippen LogP contribution in [0.25, 0.3) is 10.9 Å². The maximum Gasteiger partial charge on any atom is 0.416 e. The van der Waals surface area contributed by atoms with Gasteiger partial charge in [0.1, 0.15) is 5.52 Å². The molecule has 0 radical (unpaired) electrons. The van der Waals surface area contributed by atoms with Crippen molar-refractivity contribution in [3.05, 3.63) is 64.4 Å². The fourth-order valence-corrected chi connectivity index (χ4v) is 2.53. The largest absolute Gasteiger partial charge is 0.416 e. The highest BCUT2D eigenvalue weighted by Gasteiger charge is 2.29. The highest BCUT2D eigenvalue weighted by Crippen LogP contribution is 2.29. The third-order valence-corrected chi connectivity index (χ3v) is 3.90. The highest BCUT2D eigenvalue weighted by molar-refractivity contribution is 5.90. The zero-order valence-electron chi connectivity index (χ0n) is 14.0. The van der Waals surface area contributed by atoms with Crippen LogP contribution in [0, 0.1) is 0 Å². The van der Waals surface area contributed by atoms with Crippen molar-refractivity contribution in [2.75, 3.05) is 5.32 Å². The number of anilines is 1. The summed E-state index contributed by atoms with van der Waals surface area (Å²) in [6, 6.07) is 11.0. The van der Waals surface area contributed by atoms with Gasteiger partial charge in [0.2, 0.25) is 5.91 Å². The van der Waals surface area contributed by atoms with Gasteiger partial charge in [0.15, 0.2) is 0 Å². The van der Waals surface area contributed by atoms with E-state index in [0.29, 0.717) is 17.3 Å². The molecule has 1 amide bonds. The first-order chi connectivity index (χ1) is 12.8. The van der Waals surface area contributed by atoms with Gasteiger partial charge in [-0.3, -0.25) is 9.59 Å². The van der Waals surface area contributed by atoms with Crippen molar-refractivity contribution < 1.29 is 18.0 Å². The van der Waals surface area contributed by atoms with Crippen LogP contribution in [0.4, 0.5) is 18.9 Å². The number of amides is 1. The third kappa shape index (κ3) is 4.49. The van der Waals surface area contributed by atoms with E-state index in [9.17, 15) is 22.8 Å². The topological polar surface area (TPSA) is 76.9 Å². The van der Waals surface area contributed by atoms with Gasteiger partial charge in [0.05, 0.1) is 10.9 Å². The zero-order chi connectivity index (χ0) is 19.4. The number of nitrogens with one attached hydrogen (secondary N) is 1. The number of carbonyl (C=O) groups excluding carboxylic acids is 1. The Morgan fingerprint density at radius 2 is 1.78 bits per heavy atom. The van der Waals surface area contributed by atoms with Gasteiger partial charge in [-0.15, -0.1) is 5.10 Å². The molecule has 0 saturated carbocycles. The summed E-state index contributed by atoms with van der Waals surface area (Å²) in [7, 11) is 0. The van der Waals surface area contributed by atoms with E-state index in [1.165, 1.54) is 16.8 Å². The Labute approximate surface area is 151 Å². The van der Waals surface area contributed by atoms with Crippen molar-refractivity contribution in [2.45, 2.75) is 25.6 Å². The minimum absolute atomic E-state index is 0.0853. The second kappa shape index (κ2) is 7.56. The van der Waals surface area contributed by atoms with Crippen LogP contribution in [-0.4, -0.2) is 20.9 Å². The molecule has 0 unspecified atom stereocenters. The molecule has 140 valence electrons. The number of benzene rings is 2. The monoisotopic (exact) mass is 376 g/mol. The Kier molecular flexibility index (Phi) is 5.20. The summed E-state index contributed by atoms with van der Waals surface area (Å²) < 4.78 is 38.7. The van der Waals surface area contributed by atoms with E-state index in [1.54, 1.807) is 24.3 Å². The molecular weight excluding hydrogens is 361 g/mol. The molecule has 0 fully saturated rings. The lowest BCUT2D eigenvalue weighted by atomic mass is 10.2. The molecule has 3 aromatic rings. The highest BCUT2D eigenvalue weighted by atomic mass is 19.4. The van der Waals surface area contributed by atoms with Crippen molar-refractivity contribution in [3.8, 4) is 0 Å². The lowest BCUT2D eigenvalue weighted by molar-refractivity contribution is -0.137. The van der Waals surface area contributed by atoms with Gasteiger partial charge in [-0.2, -0.15) is 13.2 Å². The number of fused-ring (bicyclic) bond motifs is 1. The van der Waals surface area contributed by atoms with Crippen LogP contribution in [0.2, 0.25) is 0 Å². The van der Waals surface area contributed by atoms with Crippen LogP contribution in [0.15, 0.2) is 53.3 Å². The first-order valence-electron chi connectivity index (χ1n) is 8.14. The minimum atomic E-state index is -4.42. The first-order valence-corrected chi connectivity index (χ1v) is 8.14. The summed E-state index contributed by atoms with van der Waals surface area (Å²) in [5, 5.41) is 10.8. The molecule has 0 aliphatic rings. The predicted molar refractivity (Wildman–Crippen MR) is 93.1 cm³/mol. The smallest absolute Gasteiger partial charge is 0.326 e. The summed E-state index contributed by atoms with van der Waals surface area (Å²) in [5.74, 6) is -0.364. The van der Waals surface area contributed by atoms with Gasteiger partial charge in [-0.1, -0.05) is 17.3 Å². The van der Waals surface area contributed by atoms with Gasteiger partial charge < -0.3 is 5.32 Å². The molecule has 9 heteroatoms. The summed E-state index contributed by atoms with van der Waals surface area (Å²) in [5.41, 5.74) is -0.298. The van der Waals surface area contributed by atoms with E-state index < -0.39 is 11.7 Å². The summed E-state index contributed by atoms with van der Waals surface area (Å²) in [6.07, 6.45) is -4.00. The Morgan fingerprint density at radius 3 is 2.48 bits per heavy atom. The second-order valence-electron chi connectivity index (χ2n) is 5.86. The molecular formula is C18H15F3N4O2.